The van der Waals surface area contributed by atoms with Crippen molar-refractivity contribution in [2.45, 2.75) is 26.9 Å². The first kappa shape index (κ1) is 15.3. The number of hydrogen-bond donors (Lipinski definition) is 1. The Morgan fingerprint density at radius 2 is 1.96 bits per heavy atom. The van der Waals surface area contributed by atoms with E-state index in [1.54, 1.807) is 12.1 Å². The van der Waals surface area contributed by atoms with E-state index in [1.165, 1.54) is 28.8 Å². The van der Waals surface area contributed by atoms with E-state index in [4.69, 9.17) is 0 Å². The van der Waals surface area contributed by atoms with Crippen LogP contribution in [0.25, 0.3) is 10.9 Å². The third-order valence-corrected chi connectivity index (χ3v) is 4.24. The van der Waals surface area contributed by atoms with Crippen LogP contribution in [0.5, 0.6) is 0 Å². The van der Waals surface area contributed by atoms with Gasteiger partial charge in [0, 0.05) is 29.5 Å². The van der Waals surface area contributed by atoms with Gasteiger partial charge in [0.25, 0.3) is 0 Å². The molecule has 0 atom stereocenters. The van der Waals surface area contributed by atoms with Gasteiger partial charge in [0.2, 0.25) is 0 Å². The van der Waals surface area contributed by atoms with Crippen LogP contribution in [-0.2, 0) is 13.1 Å². The van der Waals surface area contributed by atoms with Crippen LogP contribution in [0.1, 0.15) is 17.0 Å². The lowest BCUT2D eigenvalue weighted by Crippen LogP contribution is -2.06. The van der Waals surface area contributed by atoms with E-state index in [-0.39, 0.29) is 5.82 Å². The molecule has 0 aliphatic carbocycles. The van der Waals surface area contributed by atoms with Crippen molar-refractivity contribution < 1.29 is 4.39 Å². The van der Waals surface area contributed by atoms with Gasteiger partial charge < -0.3 is 9.88 Å². The molecule has 0 saturated heterocycles. The van der Waals surface area contributed by atoms with Gasteiger partial charge >= 0.3 is 0 Å². The standard InChI is InChI=1S/C19H20FN3/c1-4-11-23-14(3)13(2)17-9-10-21-18(19(17)23)12-22-16-7-5-15(20)6-8-16/h4-10,22H,1,11-12H2,2-3H3. The Morgan fingerprint density at radius 1 is 1.22 bits per heavy atom. The van der Waals surface area contributed by atoms with Gasteiger partial charge in [-0.15, -0.1) is 6.58 Å². The Labute approximate surface area is 135 Å². The summed E-state index contributed by atoms with van der Waals surface area (Å²) < 4.78 is 15.2. The van der Waals surface area contributed by atoms with E-state index in [1.807, 2.05) is 12.3 Å². The lowest BCUT2D eigenvalue weighted by Gasteiger charge is -2.10. The number of rotatable bonds is 5. The number of benzene rings is 1. The van der Waals surface area contributed by atoms with Crippen molar-refractivity contribution in [1.82, 2.24) is 9.55 Å². The molecule has 23 heavy (non-hydrogen) atoms. The van der Waals surface area contributed by atoms with Gasteiger partial charge in [-0.1, -0.05) is 6.08 Å². The number of nitrogens with zero attached hydrogens (tertiary/aromatic N) is 2. The maximum absolute atomic E-state index is 13.0. The highest BCUT2D eigenvalue weighted by Crippen LogP contribution is 2.27. The third-order valence-electron chi connectivity index (χ3n) is 4.24. The van der Waals surface area contributed by atoms with Gasteiger partial charge in [-0.3, -0.25) is 4.98 Å². The van der Waals surface area contributed by atoms with Crippen molar-refractivity contribution in [3.63, 3.8) is 0 Å². The molecule has 3 rings (SSSR count). The molecule has 0 saturated carbocycles. The Balaban J connectivity index is 1.98. The van der Waals surface area contributed by atoms with Crippen LogP contribution in [0.4, 0.5) is 10.1 Å². The van der Waals surface area contributed by atoms with Crippen LogP contribution in [0.15, 0.2) is 49.2 Å². The lowest BCUT2D eigenvalue weighted by atomic mass is 10.1. The zero-order valence-electron chi connectivity index (χ0n) is 13.4. The van der Waals surface area contributed by atoms with Gasteiger partial charge in [0.1, 0.15) is 5.82 Å². The second-order valence-corrected chi connectivity index (χ2v) is 5.62. The number of fused-ring (bicyclic) bond motifs is 1. The molecular formula is C19H20FN3. The first-order valence-corrected chi connectivity index (χ1v) is 7.65. The quantitative estimate of drug-likeness (QED) is 0.699. The van der Waals surface area contributed by atoms with Crippen molar-refractivity contribution in [2.24, 2.45) is 0 Å². The number of hydrogen-bond acceptors (Lipinski definition) is 2. The van der Waals surface area contributed by atoms with Crippen molar-refractivity contribution in [1.29, 1.82) is 0 Å². The summed E-state index contributed by atoms with van der Waals surface area (Å²) in [6, 6.07) is 8.41. The molecule has 0 unspecified atom stereocenters. The largest absolute Gasteiger partial charge is 0.379 e. The van der Waals surface area contributed by atoms with Crippen LogP contribution in [-0.4, -0.2) is 9.55 Å². The predicted octanol–water partition coefficient (Wildman–Crippen LogP) is 4.59. The zero-order chi connectivity index (χ0) is 16.4. The molecule has 0 amide bonds. The lowest BCUT2D eigenvalue weighted by molar-refractivity contribution is 0.628. The monoisotopic (exact) mass is 309 g/mol. The molecular weight excluding hydrogens is 289 g/mol. The van der Waals surface area contributed by atoms with Gasteiger partial charge in [0.05, 0.1) is 17.8 Å². The van der Waals surface area contributed by atoms with E-state index >= 15 is 0 Å². The fourth-order valence-electron chi connectivity index (χ4n) is 2.91. The second kappa shape index (κ2) is 6.24. The Kier molecular flexibility index (Phi) is 4.15. The highest BCUT2D eigenvalue weighted by molar-refractivity contribution is 5.87. The number of anilines is 1. The first-order valence-electron chi connectivity index (χ1n) is 7.65. The van der Waals surface area contributed by atoms with Gasteiger partial charge in [0.15, 0.2) is 0 Å². The van der Waals surface area contributed by atoms with E-state index in [0.29, 0.717) is 6.54 Å². The van der Waals surface area contributed by atoms with Crippen molar-refractivity contribution >= 4 is 16.6 Å². The molecule has 0 aliphatic rings. The molecule has 0 radical (unpaired) electrons. The fourth-order valence-corrected chi connectivity index (χ4v) is 2.91. The summed E-state index contributed by atoms with van der Waals surface area (Å²) in [5.74, 6) is -0.234. The van der Waals surface area contributed by atoms with Gasteiger partial charge in [-0.25, -0.2) is 4.39 Å². The minimum atomic E-state index is -0.234. The van der Waals surface area contributed by atoms with Crippen LogP contribution in [0.2, 0.25) is 0 Å². The molecule has 0 aliphatic heterocycles. The minimum Gasteiger partial charge on any atom is -0.379 e. The molecule has 1 aromatic carbocycles. The number of aryl methyl sites for hydroxylation is 1. The predicted molar refractivity (Wildman–Crippen MR) is 93.1 cm³/mol. The maximum atomic E-state index is 13.0. The SMILES string of the molecule is C=CCn1c(C)c(C)c2ccnc(CNc3ccc(F)cc3)c21. The minimum absolute atomic E-state index is 0.234. The summed E-state index contributed by atoms with van der Waals surface area (Å²) in [5.41, 5.74) is 5.49. The number of pyridine rings is 1. The first-order chi connectivity index (χ1) is 11.1. The number of halogens is 1. The molecule has 1 N–H and O–H groups in total. The molecule has 0 spiro atoms. The summed E-state index contributed by atoms with van der Waals surface area (Å²) in [6.07, 6.45) is 3.74. The van der Waals surface area contributed by atoms with Crippen LogP contribution in [0.3, 0.4) is 0 Å². The highest BCUT2D eigenvalue weighted by atomic mass is 19.1. The van der Waals surface area contributed by atoms with Crippen LogP contribution < -0.4 is 5.32 Å². The highest BCUT2D eigenvalue weighted by Gasteiger charge is 2.14. The average Bonchev–Trinajstić information content (AvgIpc) is 2.80. The summed E-state index contributed by atoms with van der Waals surface area (Å²) in [5, 5.41) is 4.53. The average molecular weight is 309 g/mol. The summed E-state index contributed by atoms with van der Waals surface area (Å²) in [6.45, 7) is 9.45. The Hall–Kier alpha value is -2.62. The normalized spacial score (nSPS) is 10.9. The van der Waals surface area contributed by atoms with E-state index in [0.717, 1.165) is 23.4 Å². The molecule has 2 aromatic heterocycles. The van der Waals surface area contributed by atoms with Gasteiger partial charge in [-0.2, -0.15) is 0 Å². The van der Waals surface area contributed by atoms with Crippen molar-refractivity contribution in [3.8, 4) is 0 Å². The molecule has 4 heteroatoms. The Morgan fingerprint density at radius 3 is 2.65 bits per heavy atom. The molecule has 3 nitrogen and oxygen atoms in total. The Bertz CT molecular complexity index is 847. The zero-order valence-corrected chi connectivity index (χ0v) is 13.4. The number of aromatic nitrogens is 2. The molecule has 0 fully saturated rings. The fraction of sp³-hybridized carbons (Fsp3) is 0.211. The smallest absolute Gasteiger partial charge is 0.123 e. The maximum Gasteiger partial charge on any atom is 0.123 e. The summed E-state index contributed by atoms with van der Waals surface area (Å²) in [4.78, 5) is 4.55. The third kappa shape index (κ3) is 2.84. The van der Waals surface area contributed by atoms with Gasteiger partial charge in [-0.05, 0) is 49.7 Å². The summed E-state index contributed by atoms with van der Waals surface area (Å²) in [7, 11) is 0. The topological polar surface area (TPSA) is 29.9 Å². The summed E-state index contributed by atoms with van der Waals surface area (Å²) >= 11 is 0. The van der Waals surface area contributed by atoms with E-state index in [2.05, 4.69) is 41.4 Å². The van der Waals surface area contributed by atoms with E-state index in [9.17, 15) is 4.39 Å². The van der Waals surface area contributed by atoms with Crippen molar-refractivity contribution in [3.05, 3.63) is 72.0 Å². The molecule has 3 aromatic rings. The van der Waals surface area contributed by atoms with Crippen molar-refractivity contribution in [2.75, 3.05) is 5.32 Å². The molecule has 0 bridgehead atoms. The molecule has 2 heterocycles. The van der Waals surface area contributed by atoms with Crippen LogP contribution in [0, 0.1) is 19.7 Å². The van der Waals surface area contributed by atoms with Crippen LogP contribution >= 0.6 is 0 Å². The number of allylic oxidation sites excluding steroid dienone is 1. The van der Waals surface area contributed by atoms with E-state index < -0.39 is 0 Å². The second-order valence-electron chi connectivity index (χ2n) is 5.62. The molecule has 118 valence electrons. The number of nitrogens with one attached hydrogen (secondary N) is 1.